The molecule has 0 radical (unpaired) electrons. The summed E-state index contributed by atoms with van der Waals surface area (Å²) in [6.45, 7) is 3.92. The van der Waals surface area contributed by atoms with E-state index < -0.39 is 17.9 Å². The van der Waals surface area contributed by atoms with E-state index in [0.717, 1.165) is 12.8 Å². The van der Waals surface area contributed by atoms with Gasteiger partial charge in [0, 0.05) is 6.42 Å². The Balaban J connectivity index is 2.70. The number of rotatable bonds is 5. The van der Waals surface area contributed by atoms with Crippen LogP contribution in [0.2, 0.25) is 0 Å². The number of carbonyl (C=O) groups is 3. The monoisotopic (exact) mass is 226 g/mol. The second-order valence-electron chi connectivity index (χ2n) is 4.17. The molecule has 16 heavy (non-hydrogen) atoms. The first-order valence-corrected chi connectivity index (χ1v) is 5.64. The third kappa shape index (κ3) is 2.47. The summed E-state index contributed by atoms with van der Waals surface area (Å²) in [5.41, 5.74) is 5.83. The van der Waals surface area contributed by atoms with E-state index in [9.17, 15) is 14.4 Å². The highest BCUT2D eigenvalue weighted by atomic mass is 16.2. The highest BCUT2D eigenvalue weighted by Crippen LogP contribution is 2.19. The van der Waals surface area contributed by atoms with E-state index in [4.69, 9.17) is 5.73 Å². The molecule has 1 rings (SSSR count). The van der Waals surface area contributed by atoms with Gasteiger partial charge in [-0.15, -0.1) is 0 Å². The summed E-state index contributed by atoms with van der Waals surface area (Å²) in [7, 11) is 0. The van der Waals surface area contributed by atoms with Gasteiger partial charge in [0.15, 0.2) is 5.78 Å². The zero-order valence-corrected chi connectivity index (χ0v) is 9.66. The van der Waals surface area contributed by atoms with Crippen molar-refractivity contribution in [1.82, 2.24) is 5.32 Å². The lowest BCUT2D eigenvalue weighted by Gasteiger charge is -2.21. The quantitative estimate of drug-likeness (QED) is 0.509. The maximum atomic E-state index is 11.9. The van der Waals surface area contributed by atoms with Gasteiger partial charge in [0.05, 0.1) is 6.04 Å². The maximum Gasteiger partial charge on any atom is 0.237 e. The van der Waals surface area contributed by atoms with Gasteiger partial charge in [0.2, 0.25) is 11.8 Å². The van der Waals surface area contributed by atoms with Gasteiger partial charge in [-0.3, -0.25) is 19.7 Å². The number of nitrogens with two attached hydrogens (primary N) is 1. The molecule has 0 bridgehead atoms. The van der Waals surface area contributed by atoms with E-state index in [2.05, 4.69) is 5.32 Å². The number of ketones is 1. The minimum absolute atomic E-state index is 0.0501. The normalized spacial score (nSPS) is 22.4. The topological polar surface area (TPSA) is 89.3 Å². The Morgan fingerprint density at radius 1 is 1.44 bits per heavy atom. The third-order valence-electron chi connectivity index (χ3n) is 3.20. The molecule has 1 heterocycles. The summed E-state index contributed by atoms with van der Waals surface area (Å²) < 4.78 is 0. The predicted octanol–water partition coefficient (Wildman–Crippen LogP) is -0.0183. The van der Waals surface area contributed by atoms with Crippen LogP contribution in [-0.2, 0) is 14.4 Å². The van der Waals surface area contributed by atoms with Crippen LogP contribution in [0.4, 0.5) is 0 Å². The van der Waals surface area contributed by atoms with Crippen molar-refractivity contribution in [2.45, 2.75) is 39.2 Å². The highest BCUT2D eigenvalue weighted by molar-refractivity contribution is 6.15. The number of Topliss-reactive ketones (excluding diaryl/α,β-unsaturated/α-hetero) is 1. The molecule has 90 valence electrons. The number of carbonyl (C=O) groups excluding carboxylic acids is 3. The van der Waals surface area contributed by atoms with Crippen molar-refractivity contribution in [3.63, 3.8) is 0 Å². The summed E-state index contributed by atoms with van der Waals surface area (Å²) in [6, 6.07) is -0.642. The number of hydrogen-bond acceptors (Lipinski definition) is 4. The fraction of sp³-hybridized carbons (Fsp3) is 0.727. The molecule has 0 aromatic heterocycles. The first-order valence-electron chi connectivity index (χ1n) is 5.64. The average molecular weight is 226 g/mol. The fourth-order valence-electron chi connectivity index (χ4n) is 2.04. The number of nitrogens with one attached hydrogen (secondary N) is 1. The molecular formula is C11H18N2O3. The fourth-order valence-corrected chi connectivity index (χ4v) is 2.04. The molecule has 0 aromatic rings. The van der Waals surface area contributed by atoms with Crippen LogP contribution in [0.1, 0.15) is 33.1 Å². The van der Waals surface area contributed by atoms with Crippen LogP contribution < -0.4 is 11.1 Å². The van der Waals surface area contributed by atoms with E-state index in [0.29, 0.717) is 0 Å². The smallest absolute Gasteiger partial charge is 0.237 e. The number of hydrogen-bond donors (Lipinski definition) is 2. The van der Waals surface area contributed by atoms with Crippen molar-refractivity contribution in [3.05, 3.63) is 0 Å². The van der Waals surface area contributed by atoms with Crippen LogP contribution in [0.5, 0.6) is 0 Å². The highest BCUT2D eigenvalue weighted by Gasteiger charge is 2.39. The Hall–Kier alpha value is -1.23. The molecule has 1 aliphatic heterocycles. The molecular weight excluding hydrogens is 208 g/mol. The van der Waals surface area contributed by atoms with Crippen LogP contribution in [0.25, 0.3) is 0 Å². The molecule has 1 saturated heterocycles. The third-order valence-corrected chi connectivity index (χ3v) is 3.20. The lowest BCUT2D eigenvalue weighted by Crippen LogP contribution is -2.43. The maximum absolute atomic E-state index is 11.9. The zero-order chi connectivity index (χ0) is 12.3. The molecule has 0 saturated carbocycles. The Morgan fingerprint density at radius 3 is 2.38 bits per heavy atom. The molecule has 1 fully saturated rings. The molecule has 5 nitrogen and oxygen atoms in total. The molecule has 1 aliphatic rings. The van der Waals surface area contributed by atoms with Crippen LogP contribution in [0.3, 0.4) is 0 Å². The van der Waals surface area contributed by atoms with Gasteiger partial charge in [-0.25, -0.2) is 0 Å². The Bertz CT molecular complexity index is 310. The minimum Gasteiger partial charge on any atom is -0.321 e. The van der Waals surface area contributed by atoms with Crippen LogP contribution in [0, 0.1) is 11.8 Å². The van der Waals surface area contributed by atoms with Crippen molar-refractivity contribution < 1.29 is 14.4 Å². The second-order valence-corrected chi connectivity index (χ2v) is 4.17. The van der Waals surface area contributed by atoms with Crippen LogP contribution in [-0.4, -0.2) is 23.6 Å². The van der Waals surface area contributed by atoms with E-state index in [-0.39, 0.29) is 24.0 Å². The van der Waals surface area contributed by atoms with Crippen molar-refractivity contribution in [1.29, 1.82) is 0 Å². The zero-order valence-electron chi connectivity index (χ0n) is 9.66. The lowest BCUT2D eigenvalue weighted by molar-refractivity contribution is -0.133. The molecule has 2 atom stereocenters. The Morgan fingerprint density at radius 2 is 2.00 bits per heavy atom. The first kappa shape index (κ1) is 12.8. The van der Waals surface area contributed by atoms with Gasteiger partial charge in [0.1, 0.15) is 5.92 Å². The van der Waals surface area contributed by atoms with Crippen molar-refractivity contribution in [3.8, 4) is 0 Å². The summed E-state index contributed by atoms with van der Waals surface area (Å²) >= 11 is 0. The predicted molar refractivity (Wildman–Crippen MR) is 58.3 cm³/mol. The summed E-state index contributed by atoms with van der Waals surface area (Å²) in [6.07, 6.45) is 1.54. The summed E-state index contributed by atoms with van der Waals surface area (Å²) in [5, 5.41) is 2.12. The van der Waals surface area contributed by atoms with Gasteiger partial charge in [-0.05, 0) is 5.92 Å². The van der Waals surface area contributed by atoms with E-state index in [1.165, 1.54) is 0 Å². The SMILES string of the molecule is CCC(CC)C(N)C(=O)C1CC(=O)NC1=O. The van der Waals surface area contributed by atoms with E-state index in [1.807, 2.05) is 13.8 Å². The first-order chi connectivity index (χ1) is 7.51. The van der Waals surface area contributed by atoms with Crippen molar-refractivity contribution in [2.75, 3.05) is 0 Å². The molecule has 3 N–H and O–H groups in total. The van der Waals surface area contributed by atoms with Crippen LogP contribution in [0.15, 0.2) is 0 Å². The van der Waals surface area contributed by atoms with Gasteiger partial charge in [-0.2, -0.15) is 0 Å². The van der Waals surface area contributed by atoms with Gasteiger partial charge in [0.25, 0.3) is 0 Å². The number of imide groups is 1. The summed E-state index contributed by atoms with van der Waals surface area (Å²) in [5.74, 6) is -1.99. The lowest BCUT2D eigenvalue weighted by atomic mass is 9.86. The molecule has 2 amide bonds. The number of amides is 2. The van der Waals surface area contributed by atoms with Gasteiger partial charge < -0.3 is 5.73 Å². The molecule has 2 unspecified atom stereocenters. The standard InChI is InChI=1S/C11H18N2O3/c1-3-6(4-2)9(12)10(15)7-5-8(14)13-11(7)16/h6-7,9H,3-5,12H2,1-2H3,(H,13,14,16). The molecule has 0 aromatic carbocycles. The van der Waals surface area contributed by atoms with E-state index >= 15 is 0 Å². The van der Waals surface area contributed by atoms with Crippen molar-refractivity contribution in [2.24, 2.45) is 17.6 Å². The van der Waals surface area contributed by atoms with Gasteiger partial charge in [-0.1, -0.05) is 26.7 Å². The van der Waals surface area contributed by atoms with Gasteiger partial charge >= 0.3 is 0 Å². The minimum atomic E-state index is -0.872. The second kappa shape index (κ2) is 5.21. The summed E-state index contributed by atoms with van der Waals surface area (Å²) in [4.78, 5) is 34.2. The molecule has 0 spiro atoms. The molecule has 5 heteroatoms. The Kier molecular flexibility index (Phi) is 4.18. The average Bonchev–Trinajstić information content (AvgIpc) is 2.58. The molecule has 0 aliphatic carbocycles. The van der Waals surface area contributed by atoms with Crippen LogP contribution >= 0.6 is 0 Å². The van der Waals surface area contributed by atoms with Crippen molar-refractivity contribution >= 4 is 17.6 Å². The Labute approximate surface area is 94.8 Å². The largest absolute Gasteiger partial charge is 0.321 e. The van der Waals surface area contributed by atoms with E-state index in [1.54, 1.807) is 0 Å².